The molecule has 0 aliphatic heterocycles. The Morgan fingerprint density at radius 1 is 1.00 bits per heavy atom. The third-order valence-corrected chi connectivity index (χ3v) is 4.53. The summed E-state index contributed by atoms with van der Waals surface area (Å²) in [5.74, 6) is 0.248. The molecule has 2 heterocycles. The van der Waals surface area contributed by atoms with Gasteiger partial charge in [0, 0.05) is 16.6 Å². The van der Waals surface area contributed by atoms with Gasteiger partial charge in [0.1, 0.15) is 5.75 Å². The van der Waals surface area contributed by atoms with Crippen LogP contribution in [0.25, 0.3) is 22.3 Å². The second kappa shape index (κ2) is 7.66. The third kappa shape index (κ3) is 3.52. The van der Waals surface area contributed by atoms with Crippen molar-refractivity contribution in [2.24, 2.45) is 0 Å². The normalized spacial score (nSPS) is 10.6. The zero-order chi connectivity index (χ0) is 19.5. The zero-order valence-electron chi connectivity index (χ0n) is 15.0. The number of carbonyl (C=O) groups excluding carboxylic acids is 1. The topological polar surface area (TPSA) is 64.1 Å². The molecule has 0 bridgehead atoms. The molecule has 0 saturated heterocycles. The monoisotopic (exact) mass is 389 g/mol. The van der Waals surface area contributed by atoms with E-state index in [2.05, 4.69) is 15.3 Å². The number of amides is 1. The van der Waals surface area contributed by atoms with Gasteiger partial charge in [-0.3, -0.25) is 9.78 Å². The van der Waals surface area contributed by atoms with Crippen molar-refractivity contribution in [3.63, 3.8) is 0 Å². The number of fused-ring (bicyclic) bond motifs is 1. The Balaban J connectivity index is 1.81. The number of para-hydroxylation sites is 1. The van der Waals surface area contributed by atoms with Crippen LogP contribution in [0, 0.1) is 0 Å². The first-order valence-corrected chi connectivity index (χ1v) is 8.99. The summed E-state index contributed by atoms with van der Waals surface area (Å²) in [4.78, 5) is 22.1. The van der Waals surface area contributed by atoms with E-state index in [-0.39, 0.29) is 5.91 Å². The van der Waals surface area contributed by atoms with Gasteiger partial charge in [-0.2, -0.15) is 0 Å². The molecular formula is C22H16ClN3O2. The number of hydrogen-bond donors (Lipinski definition) is 1. The molecule has 28 heavy (non-hydrogen) atoms. The first-order chi connectivity index (χ1) is 13.7. The van der Waals surface area contributed by atoms with Crippen LogP contribution in [0.4, 0.5) is 5.69 Å². The average Bonchev–Trinajstić information content (AvgIpc) is 2.73. The van der Waals surface area contributed by atoms with Crippen LogP contribution in [0.15, 0.2) is 72.9 Å². The summed E-state index contributed by atoms with van der Waals surface area (Å²) < 4.78 is 5.32. The number of hydrogen-bond acceptors (Lipinski definition) is 4. The van der Waals surface area contributed by atoms with Gasteiger partial charge in [0.2, 0.25) is 0 Å². The number of methoxy groups -OCH3 is 1. The average molecular weight is 390 g/mol. The molecule has 0 fully saturated rings. The highest BCUT2D eigenvalue weighted by Gasteiger charge is 2.16. The van der Waals surface area contributed by atoms with E-state index in [9.17, 15) is 4.79 Å². The number of nitrogens with one attached hydrogen (secondary N) is 1. The third-order valence-electron chi connectivity index (χ3n) is 4.30. The summed E-state index contributed by atoms with van der Waals surface area (Å²) in [6, 6.07) is 19.9. The Bertz CT molecular complexity index is 1160. The fourth-order valence-electron chi connectivity index (χ4n) is 2.98. The largest absolute Gasteiger partial charge is 0.495 e. The van der Waals surface area contributed by atoms with Crippen LogP contribution in [0.3, 0.4) is 0 Å². The summed E-state index contributed by atoms with van der Waals surface area (Å²) in [6.07, 6.45) is 1.70. The number of halogens is 1. The van der Waals surface area contributed by atoms with Crippen LogP contribution in [0.2, 0.25) is 5.02 Å². The highest BCUT2D eigenvalue weighted by Crippen LogP contribution is 2.30. The maximum atomic E-state index is 13.1. The maximum Gasteiger partial charge on any atom is 0.256 e. The Morgan fingerprint density at radius 3 is 2.61 bits per heavy atom. The molecule has 0 saturated carbocycles. The minimum atomic E-state index is -0.281. The lowest BCUT2D eigenvalue weighted by molar-refractivity contribution is 0.102. The number of pyridine rings is 2. The standard InChI is InChI=1S/C22H16ClN3O2/c1-28-21-10-9-14(23)12-20(21)26-22(27)16-13-19(18-8-4-5-11-24-18)25-17-7-3-2-6-15(16)17/h2-13H,1H3,(H,26,27). The van der Waals surface area contributed by atoms with Gasteiger partial charge in [0.05, 0.1) is 35.3 Å². The fourth-order valence-corrected chi connectivity index (χ4v) is 3.15. The van der Waals surface area contributed by atoms with Gasteiger partial charge >= 0.3 is 0 Å². The van der Waals surface area contributed by atoms with Crippen molar-refractivity contribution < 1.29 is 9.53 Å². The van der Waals surface area contributed by atoms with Gasteiger partial charge < -0.3 is 10.1 Å². The quantitative estimate of drug-likeness (QED) is 0.520. The molecule has 0 aliphatic rings. The van der Waals surface area contributed by atoms with E-state index in [0.717, 1.165) is 5.39 Å². The molecule has 4 aromatic rings. The van der Waals surface area contributed by atoms with Crippen molar-refractivity contribution in [1.82, 2.24) is 9.97 Å². The van der Waals surface area contributed by atoms with Gasteiger partial charge in [0.15, 0.2) is 0 Å². The van der Waals surface area contributed by atoms with Gasteiger partial charge in [-0.15, -0.1) is 0 Å². The summed E-state index contributed by atoms with van der Waals surface area (Å²) in [5, 5.41) is 4.15. The number of nitrogens with zero attached hydrogens (tertiary/aromatic N) is 2. The van der Waals surface area contributed by atoms with Gasteiger partial charge in [-0.05, 0) is 42.5 Å². The summed E-state index contributed by atoms with van der Waals surface area (Å²) in [7, 11) is 1.54. The van der Waals surface area contributed by atoms with Crippen LogP contribution >= 0.6 is 11.6 Å². The van der Waals surface area contributed by atoms with Crippen LogP contribution < -0.4 is 10.1 Å². The lowest BCUT2D eigenvalue weighted by Crippen LogP contribution is -2.14. The van der Waals surface area contributed by atoms with Gasteiger partial charge in [-0.1, -0.05) is 35.9 Å². The molecule has 2 aromatic carbocycles. The number of benzene rings is 2. The van der Waals surface area contributed by atoms with Crippen LogP contribution in [-0.4, -0.2) is 23.0 Å². The predicted molar refractivity (Wildman–Crippen MR) is 111 cm³/mol. The highest BCUT2D eigenvalue weighted by atomic mass is 35.5. The van der Waals surface area contributed by atoms with E-state index < -0.39 is 0 Å². The van der Waals surface area contributed by atoms with Crippen molar-refractivity contribution in [1.29, 1.82) is 0 Å². The van der Waals surface area contributed by atoms with Gasteiger partial charge in [-0.25, -0.2) is 4.98 Å². The summed E-state index contributed by atoms with van der Waals surface area (Å²) in [6.45, 7) is 0. The minimum Gasteiger partial charge on any atom is -0.495 e. The van der Waals surface area contributed by atoms with E-state index in [1.54, 1.807) is 37.6 Å². The molecule has 1 N–H and O–H groups in total. The first kappa shape index (κ1) is 17.9. The molecule has 0 aliphatic carbocycles. The second-order valence-electron chi connectivity index (χ2n) is 6.09. The molecule has 0 atom stereocenters. The van der Waals surface area contributed by atoms with Crippen LogP contribution in [0.5, 0.6) is 5.75 Å². The minimum absolute atomic E-state index is 0.281. The maximum absolute atomic E-state index is 13.1. The van der Waals surface area contributed by atoms with Crippen molar-refractivity contribution in [2.45, 2.75) is 0 Å². The smallest absolute Gasteiger partial charge is 0.256 e. The van der Waals surface area contributed by atoms with E-state index in [0.29, 0.717) is 38.9 Å². The number of carbonyl (C=O) groups is 1. The molecule has 2 aromatic heterocycles. The SMILES string of the molecule is COc1ccc(Cl)cc1NC(=O)c1cc(-c2ccccn2)nc2ccccc12. The molecule has 0 radical (unpaired) electrons. The Labute approximate surface area is 167 Å². The molecule has 138 valence electrons. The number of rotatable bonds is 4. The predicted octanol–water partition coefficient (Wildman–Crippen LogP) is 5.21. The van der Waals surface area contributed by atoms with Crippen LogP contribution in [0.1, 0.15) is 10.4 Å². The van der Waals surface area contributed by atoms with Crippen molar-refractivity contribution in [3.05, 3.63) is 83.5 Å². The molecular weight excluding hydrogens is 374 g/mol. The van der Waals surface area contributed by atoms with E-state index in [1.807, 2.05) is 42.5 Å². The molecule has 1 amide bonds. The summed E-state index contributed by atoms with van der Waals surface area (Å²) in [5.41, 5.74) is 3.03. The van der Waals surface area contributed by atoms with E-state index in [1.165, 1.54) is 0 Å². The highest BCUT2D eigenvalue weighted by molar-refractivity contribution is 6.31. The first-order valence-electron chi connectivity index (χ1n) is 8.62. The Morgan fingerprint density at radius 2 is 1.82 bits per heavy atom. The fraction of sp³-hybridized carbons (Fsp3) is 0.0455. The van der Waals surface area contributed by atoms with Gasteiger partial charge in [0.25, 0.3) is 5.91 Å². The van der Waals surface area contributed by atoms with Crippen LogP contribution in [-0.2, 0) is 0 Å². The Hall–Kier alpha value is -3.44. The summed E-state index contributed by atoms with van der Waals surface area (Å²) >= 11 is 6.08. The van der Waals surface area contributed by atoms with Crippen molar-refractivity contribution in [3.8, 4) is 17.1 Å². The molecule has 4 rings (SSSR count). The van der Waals surface area contributed by atoms with E-state index >= 15 is 0 Å². The van der Waals surface area contributed by atoms with Crippen molar-refractivity contribution in [2.75, 3.05) is 12.4 Å². The molecule has 0 spiro atoms. The number of anilines is 1. The van der Waals surface area contributed by atoms with Crippen molar-refractivity contribution >= 4 is 34.1 Å². The lowest BCUT2D eigenvalue weighted by Gasteiger charge is -2.13. The zero-order valence-corrected chi connectivity index (χ0v) is 15.8. The molecule has 0 unspecified atom stereocenters. The molecule has 6 heteroatoms. The Kier molecular flexibility index (Phi) is 4.91. The molecule has 5 nitrogen and oxygen atoms in total. The second-order valence-corrected chi connectivity index (χ2v) is 6.52. The number of aromatic nitrogens is 2. The lowest BCUT2D eigenvalue weighted by atomic mass is 10.1. The number of ether oxygens (including phenoxy) is 1. The van der Waals surface area contributed by atoms with E-state index in [4.69, 9.17) is 16.3 Å².